The number of piperazine rings is 1. The predicted molar refractivity (Wildman–Crippen MR) is 149 cm³/mol. The molecule has 39 heavy (non-hydrogen) atoms. The van der Waals surface area contributed by atoms with Crippen LogP contribution < -0.4 is 19.8 Å². The highest BCUT2D eigenvalue weighted by molar-refractivity contribution is 5.83. The van der Waals surface area contributed by atoms with Gasteiger partial charge in [0, 0.05) is 56.8 Å². The molecule has 9 nitrogen and oxygen atoms in total. The highest BCUT2D eigenvalue weighted by Gasteiger charge is 2.33. The summed E-state index contributed by atoms with van der Waals surface area (Å²) in [6.07, 6.45) is 0.846. The van der Waals surface area contributed by atoms with Gasteiger partial charge in [0.2, 0.25) is 0 Å². The third kappa shape index (κ3) is 6.04. The van der Waals surface area contributed by atoms with Gasteiger partial charge in [0.1, 0.15) is 25.0 Å². The van der Waals surface area contributed by atoms with E-state index in [9.17, 15) is 9.59 Å². The van der Waals surface area contributed by atoms with Crippen molar-refractivity contribution in [3.63, 3.8) is 0 Å². The van der Waals surface area contributed by atoms with Crippen LogP contribution in [0.25, 0.3) is 10.9 Å². The average Bonchev–Trinajstić information content (AvgIpc) is 2.96. The molecule has 3 aromatic rings. The molecule has 1 atom stereocenters. The third-order valence-corrected chi connectivity index (χ3v) is 7.59. The number of aromatic nitrogens is 1. The number of hydrogen-bond donors (Lipinski definition) is 0. The number of pyridine rings is 1. The number of carbonyl (C=O) groups is 1. The van der Waals surface area contributed by atoms with Gasteiger partial charge in [-0.05, 0) is 55.7 Å². The Labute approximate surface area is 228 Å². The SMILES string of the molecule is CCOC(=O)C1CN(CCc2ccc3c(c2)OCCO3)CCN1CCn1c(=O)cc(C)c2ccc(OC)cc21. The van der Waals surface area contributed by atoms with Gasteiger partial charge in [-0.25, -0.2) is 0 Å². The van der Waals surface area contributed by atoms with Crippen LogP contribution in [0.5, 0.6) is 17.2 Å². The Morgan fingerprint density at radius 3 is 2.62 bits per heavy atom. The molecule has 3 heterocycles. The monoisotopic (exact) mass is 535 g/mol. The summed E-state index contributed by atoms with van der Waals surface area (Å²) in [5, 5.41) is 1.02. The van der Waals surface area contributed by atoms with E-state index in [0.717, 1.165) is 47.5 Å². The summed E-state index contributed by atoms with van der Waals surface area (Å²) in [4.78, 5) is 30.5. The topological polar surface area (TPSA) is 82.5 Å². The van der Waals surface area contributed by atoms with Crippen LogP contribution in [0, 0.1) is 6.92 Å². The molecule has 0 amide bonds. The van der Waals surface area contributed by atoms with E-state index in [1.807, 2.05) is 44.2 Å². The maximum absolute atomic E-state index is 13.0. The lowest BCUT2D eigenvalue weighted by atomic mass is 10.1. The second kappa shape index (κ2) is 12.1. The largest absolute Gasteiger partial charge is 0.497 e. The van der Waals surface area contributed by atoms with Gasteiger partial charge < -0.3 is 23.5 Å². The smallest absolute Gasteiger partial charge is 0.324 e. The van der Waals surface area contributed by atoms with Gasteiger partial charge in [0.25, 0.3) is 5.56 Å². The number of benzene rings is 2. The van der Waals surface area contributed by atoms with Crippen molar-refractivity contribution in [3.05, 3.63) is 63.9 Å². The molecule has 2 aliphatic rings. The van der Waals surface area contributed by atoms with Crippen molar-refractivity contribution in [1.82, 2.24) is 14.4 Å². The van der Waals surface area contributed by atoms with E-state index in [1.54, 1.807) is 17.7 Å². The van der Waals surface area contributed by atoms with E-state index in [0.29, 0.717) is 51.7 Å². The van der Waals surface area contributed by atoms with Crippen molar-refractivity contribution in [2.45, 2.75) is 32.9 Å². The summed E-state index contributed by atoms with van der Waals surface area (Å²) in [6.45, 7) is 9.24. The lowest BCUT2D eigenvalue weighted by Gasteiger charge is -2.40. The van der Waals surface area contributed by atoms with Crippen LogP contribution in [0.1, 0.15) is 18.1 Å². The number of carbonyl (C=O) groups excluding carboxylic acids is 1. The van der Waals surface area contributed by atoms with Crippen molar-refractivity contribution in [3.8, 4) is 17.2 Å². The number of nitrogens with zero attached hydrogens (tertiary/aromatic N) is 3. The molecule has 1 unspecified atom stereocenters. The number of fused-ring (bicyclic) bond motifs is 2. The number of rotatable bonds is 9. The van der Waals surface area contributed by atoms with E-state index in [2.05, 4.69) is 15.9 Å². The second-order valence-electron chi connectivity index (χ2n) is 10.0. The van der Waals surface area contributed by atoms with Gasteiger partial charge in [-0.3, -0.25) is 19.4 Å². The lowest BCUT2D eigenvalue weighted by molar-refractivity contribution is -0.152. The number of esters is 1. The molecule has 208 valence electrons. The van der Waals surface area contributed by atoms with E-state index in [1.165, 1.54) is 5.56 Å². The molecule has 2 aliphatic heterocycles. The predicted octanol–water partition coefficient (Wildman–Crippen LogP) is 2.88. The van der Waals surface area contributed by atoms with E-state index >= 15 is 0 Å². The molecule has 0 bridgehead atoms. The van der Waals surface area contributed by atoms with Crippen molar-refractivity contribution < 1.29 is 23.7 Å². The Morgan fingerprint density at radius 2 is 1.82 bits per heavy atom. The molecule has 2 aromatic carbocycles. The summed E-state index contributed by atoms with van der Waals surface area (Å²) < 4.78 is 24.0. The minimum absolute atomic E-state index is 0.0565. The van der Waals surface area contributed by atoms with Crippen LogP contribution in [0.3, 0.4) is 0 Å². The first-order valence-electron chi connectivity index (χ1n) is 13.7. The van der Waals surface area contributed by atoms with E-state index in [-0.39, 0.29) is 17.6 Å². The van der Waals surface area contributed by atoms with Gasteiger partial charge in [0.05, 0.1) is 19.2 Å². The van der Waals surface area contributed by atoms with Gasteiger partial charge >= 0.3 is 5.97 Å². The van der Waals surface area contributed by atoms with Crippen molar-refractivity contribution in [2.24, 2.45) is 0 Å². The highest BCUT2D eigenvalue weighted by atomic mass is 16.6. The Hall–Kier alpha value is -3.56. The number of ether oxygens (including phenoxy) is 4. The summed E-state index contributed by atoms with van der Waals surface area (Å²) in [5.41, 5.74) is 2.89. The summed E-state index contributed by atoms with van der Waals surface area (Å²) in [5.74, 6) is 2.07. The first-order valence-corrected chi connectivity index (χ1v) is 13.7. The number of hydrogen-bond acceptors (Lipinski definition) is 8. The molecule has 0 N–H and O–H groups in total. The second-order valence-corrected chi connectivity index (χ2v) is 10.0. The zero-order chi connectivity index (χ0) is 27.4. The molecular weight excluding hydrogens is 498 g/mol. The number of aryl methyl sites for hydroxylation is 1. The first kappa shape index (κ1) is 27.0. The van der Waals surface area contributed by atoms with Crippen molar-refractivity contribution in [2.75, 3.05) is 59.7 Å². The molecular formula is C30H37N3O6. The van der Waals surface area contributed by atoms with Gasteiger partial charge in [0.15, 0.2) is 11.5 Å². The zero-order valence-electron chi connectivity index (χ0n) is 23.0. The Morgan fingerprint density at radius 1 is 1.00 bits per heavy atom. The summed E-state index contributed by atoms with van der Waals surface area (Å²) in [6, 6.07) is 13.2. The fraction of sp³-hybridized carbons (Fsp3) is 0.467. The Balaban J connectivity index is 1.27. The Kier molecular flexibility index (Phi) is 8.38. The van der Waals surface area contributed by atoms with Crippen LogP contribution in [-0.4, -0.2) is 86.0 Å². The molecule has 0 saturated carbocycles. The molecule has 0 radical (unpaired) electrons. The average molecular weight is 536 g/mol. The number of methoxy groups -OCH3 is 1. The van der Waals surface area contributed by atoms with Crippen molar-refractivity contribution in [1.29, 1.82) is 0 Å². The standard InChI is InChI=1S/C30H37N3O6/c1-4-37-30(35)26-20-31(10-9-22-5-8-27-28(18-22)39-16-15-38-27)11-12-32(26)13-14-33-25-19-23(36-3)6-7-24(25)21(2)17-29(33)34/h5-8,17-19,26H,4,9-16,20H2,1-3H3. The minimum atomic E-state index is -0.388. The van der Waals surface area contributed by atoms with Crippen LogP contribution in [0.4, 0.5) is 0 Å². The maximum Gasteiger partial charge on any atom is 0.324 e. The van der Waals surface area contributed by atoms with E-state index < -0.39 is 0 Å². The fourth-order valence-electron chi connectivity index (χ4n) is 5.45. The molecule has 1 saturated heterocycles. The first-order chi connectivity index (χ1) is 19.0. The fourth-order valence-corrected chi connectivity index (χ4v) is 5.45. The van der Waals surface area contributed by atoms with Crippen LogP contribution in [0.15, 0.2) is 47.3 Å². The minimum Gasteiger partial charge on any atom is -0.497 e. The summed E-state index contributed by atoms with van der Waals surface area (Å²) >= 11 is 0. The van der Waals surface area contributed by atoms with Crippen LogP contribution in [0.2, 0.25) is 0 Å². The van der Waals surface area contributed by atoms with Crippen LogP contribution >= 0.6 is 0 Å². The molecule has 1 aromatic heterocycles. The van der Waals surface area contributed by atoms with Gasteiger partial charge in [-0.15, -0.1) is 0 Å². The molecule has 1 fully saturated rings. The molecule has 0 spiro atoms. The van der Waals surface area contributed by atoms with Crippen LogP contribution in [-0.2, 0) is 22.5 Å². The van der Waals surface area contributed by atoms with Gasteiger partial charge in [-0.1, -0.05) is 6.07 Å². The molecule has 5 rings (SSSR count). The molecule has 9 heteroatoms. The lowest BCUT2D eigenvalue weighted by Crippen LogP contribution is -2.57. The normalized spacial score (nSPS) is 17.8. The zero-order valence-corrected chi connectivity index (χ0v) is 23.0. The van der Waals surface area contributed by atoms with E-state index in [4.69, 9.17) is 18.9 Å². The van der Waals surface area contributed by atoms with Gasteiger partial charge in [-0.2, -0.15) is 0 Å². The highest BCUT2D eigenvalue weighted by Crippen LogP contribution is 2.31. The third-order valence-electron chi connectivity index (χ3n) is 7.59. The molecule has 0 aliphatic carbocycles. The summed E-state index contributed by atoms with van der Waals surface area (Å²) in [7, 11) is 1.62. The Bertz CT molecular complexity index is 1390. The maximum atomic E-state index is 13.0. The quantitative estimate of drug-likeness (QED) is 0.387. The van der Waals surface area contributed by atoms with Crippen molar-refractivity contribution >= 4 is 16.9 Å².